The van der Waals surface area contributed by atoms with E-state index in [0.717, 1.165) is 18.2 Å². The summed E-state index contributed by atoms with van der Waals surface area (Å²) in [7, 11) is 2.09. The van der Waals surface area contributed by atoms with Crippen LogP contribution in [-0.2, 0) is 0 Å². The summed E-state index contributed by atoms with van der Waals surface area (Å²) in [5.74, 6) is 0. The number of likely N-dealkylation sites (N-methyl/N-ethyl adjacent to an activating group) is 2. The van der Waals surface area contributed by atoms with Crippen molar-refractivity contribution in [1.82, 2.24) is 15.1 Å². The summed E-state index contributed by atoms with van der Waals surface area (Å²) in [6.45, 7) is 9.93. The minimum absolute atomic E-state index is 0.417. The van der Waals surface area contributed by atoms with Gasteiger partial charge in [0.1, 0.15) is 0 Å². The summed E-state index contributed by atoms with van der Waals surface area (Å²) >= 11 is 5.36. The minimum atomic E-state index is 0.417. The summed E-state index contributed by atoms with van der Waals surface area (Å²) < 4.78 is 0. The Bertz CT molecular complexity index is 230. The maximum atomic E-state index is 5.36. The van der Waals surface area contributed by atoms with Crippen LogP contribution < -0.4 is 5.32 Å². The maximum Gasteiger partial charge on any atom is 0.168 e. The second-order valence-electron chi connectivity index (χ2n) is 4.91. The van der Waals surface area contributed by atoms with Gasteiger partial charge in [-0.3, -0.25) is 4.90 Å². The molecule has 1 aliphatic heterocycles. The van der Waals surface area contributed by atoms with Gasteiger partial charge in [0.25, 0.3) is 0 Å². The molecule has 0 amide bonds. The van der Waals surface area contributed by atoms with Crippen molar-refractivity contribution >= 4 is 17.3 Å². The number of nitrogens with zero attached hydrogens (tertiary/aromatic N) is 2. The number of rotatable bonds is 4. The van der Waals surface area contributed by atoms with Crippen molar-refractivity contribution in [2.75, 3.05) is 26.7 Å². The summed E-state index contributed by atoms with van der Waals surface area (Å²) in [5.41, 5.74) is 0. The van der Waals surface area contributed by atoms with Gasteiger partial charge in [0.05, 0.1) is 0 Å². The van der Waals surface area contributed by atoms with Crippen LogP contribution in [0.3, 0.4) is 0 Å². The van der Waals surface area contributed by atoms with Crippen LogP contribution >= 0.6 is 12.2 Å². The van der Waals surface area contributed by atoms with Crippen LogP contribution in [0.2, 0.25) is 0 Å². The Kier molecular flexibility index (Phi) is 5.49. The van der Waals surface area contributed by atoms with E-state index in [2.05, 4.69) is 42.9 Å². The van der Waals surface area contributed by atoms with Gasteiger partial charge in [-0.25, -0.2) is 0 Å². The van der Waals surface area contributed by atoms with Gasteiger partial charge in [-0.05, 0) is 52.0 Å². The van der Waals surface area contributed by atoms with E-state index in [1.165, 1.54) is 19.4 Å². The highest BCUT2D eigenvalue weighted by atomic mass is 32.1. The van der Waals surface area contributed by atoms with E-state index >= 15 is 0 Å². The van der Waals surface area contributed by atoms with Gasteiger partial charge in [-0.15, -0.1) is 0 Å². The fraction of sp³-hybridized carbons (Fsp3) is 0.917. The molecule has 1 fully saturated rings. The van der Waals surface area contributed by atoms with Gasteiger partial charge in [-0.2, -0.15) is 0 Å². The molecule has 0 aromatic heterocycles. The van der Waals surface area contributed by atoms with Gasteiger partial charge in [-0.1, -0.05) is 6.92 Å². The van der Waals surface area contributed by atoms with Crippen molar-refractivity contribution in [1.29, 1.82) is 0 Å². The predicted molar refractivity (Wildman–Crippen MR) is 73.8 cm³/mol. The van der Waals surface area contributed by atoms with Gasteiger partial charge >= 0.3 is 0 Å². The summed E-state index contributed by atoms with van der Waals surface area (Å²) in [6.07, 6.45) is 2.64. The molecule has 1 aliphatic rings. The molecule has 0 aromatic rings. The Morgan fingerprint density at radius 1 is 1.56 bits per heavy atom. The van der Waals surface area contributed by atoms with Gasteiger partial charge in [0, 0.05) is 25.7 Å². The molecule has 0 radical (unpaired) electrons. The number of likely N-dealkylation sites (tertiary alicyclic amines) is 1. The lowest BCUT2D eigenvalue weighted by Crippen LogP contribution is -2.46. The molecule has 94 valence electrons. The van der Waals surface area contributed by atoms with Crippen LogP contribution in [0.4, 0.5) is 0 Å². The molecule has 1 rings (SSSR count). The molecule has 0 aromatic carbocycles. The Morgan fingerprint density at radius 3 is 2.81 bits per heavy atom. The van der Waals surface area contributed by atoms with Crippen molar-refractivity contribution in [2.45, 2.75) is 45.7 Å². The second-order valence-corrected chi connectivity index (χ2v) is 5.30. The SMILES string of the molecule is CCN1CCCC1CN(C)C(=S)NC(C)C. The smallest absolute Gasteiger partial charge is 0.168 e. The zero-order valence-corrected chi connectivity index (χ0v) is 11.8. The summed E-state index contributed by atoms with van der Waals surface area (Å²) in [5, 5.41) is 4.16. The van der Waals surface area contributed by atoms with Crippen molar-refractivity contribution in [3.05, 3.63) is 0 Å². The molecular formula is C12H25N3S. The third kappa shape index (κ3) is 3.91. The number of thiocarbonyl (C=S) groups is 1. The van der Waals surface area contributed by atoms with Crippen LogP contribution in [0.15, 0.2) is 0 Å². The first-order valence-electron chi connectivity index (χ1n) is 6.30. The molecule has 0 spiro atoms. The largest absolute Gasteiger partial charge is 0.360 e. The van der Waals surface area contributed by atoms with E-state index in [9.17, 15) is 0 Å². The standard InChI is InChI=1S/C12H25N3S/c1-5-15-8-6-7-11(15)9-14(4)12(16)13-10(2)3/h10-11H,5-9H2,1-4H3,(H,13,16). The lowest BCUT2D eigenvalue weighted by atomic mass is 10.2. The highest BCUT2D eigenvalue weighted by Gasteiger charge is 2.24. The molecule has 4 heteroatoms. The molecule has 3 nitrogen and oxygen atoms in total. The molecular weight excluding hydrogens is 218 g/mol. The van der Waals surface area contributed by atoms with E-state index in [4.69, 9.17) is 12.2 Å². The lowest BCUT2D eigenvalue weighted by Gasteiger charge is -2.30. The minimum Gasteiger partial charge on any atom is -0.360 e. The summed E-state index contributed by atoms with van der Waals surface area (Å²) in [4.78, 5) is 4.72. The topological polar surface area (TPSA) is 18.5 Å². The van der Waals surface area contributed by atoms with Gasteiger partial charge in [0.2, 0.25) is 0 Å². The first kappa shape index (κ1) is 13.7. The predicted octanol–water partition coefficient (Wildman–Crippen LogP) is 1.69. The third-order valence-corrected chi connectivity index (χ3v) is 3.58. The average Bonchev–Trinajstić information content (AvgIpc) is 2.64. The van der Waals surface area contributed by atoms with Crippen molar-refractivity contribution in [3.8, 4) is 0 Å². The number of hydrogen-bond acceptors (Lipinski definition) is 2. The lowest BCUT2D eigenvalue weighted by molar-refractivity contribution is 0.234. The zero-order chi connectivity index (χ0) is 12.1. The molecule has 0 aliphatic carbocycles. The monoisotopic (exact) mass is 243 g/mol. The molecule has 0 saturated carbocycles. The molecule has 1 atom stereocenters. The highest BCUT2D eigenvalue weighted by Crippen LogP contribution is 2.17. The quantitative estimate of drug-likeness (QED) is 0.757. The molecule has 1 heterocycles. The van der Waals surface area contributed by atoms with E-state index in [1.54, 1.807) is 0 Å². The Balaban J connectivity index is 2.38. The highest BCUT2D eigenvalue weighted by molar-refractivity contribution is 7.80. The molecule has 1 unspecified atom stereocenters. The fourth-order valence-electron chi connectivity index (χ4n) is 2.27. The zero-order valence-electron chi connectivity index (χ0n) is 11.0. The van der Waals surface area contributed by atoms with Crippen LogP contribution in [-0.4, -0.2) is 53.7 Å². The second kappa shape index (κ2) is 6.40. The van der Waals surface area contributed by atoms with Crippen molar-refractivity contribution < 1.29 is 0 Å². The normalized spacial score (nSPS) is 21.4. The third-order valence-electron chi connectivity index (χ3n) is 3.15. The van der Waals surface area contributed by atoms with Crippen LogP contribution in [0.1, 0.15) is 33.6 Å². The van der Waals surface area contributed by atoms with Crippen molar-refractivity contribution in [3.63, 3.8) is 0 Å². The Hall–Kier alpha value is -0.350. The van der Waals surface area contributed by atoms with E-state index < -0.39 is 0 Å². The number of hydrogen-bond donors (Lipinski definition) is 1. The Labute approximate surface area is 105 Å². The van der Waals surface area contributed by atoms with E-state index in [-0.39, 0.29) is 0 Å². The Morgan fingerprint density at radius 2 is 2.25 bits per heavy atom. The average molecular weight is 243 g/mol. The van der Waals surface area contributed by atoms with Crippen LogP contribution in [0.25, 0.3) is 0 Å². The fourth-order valence-corrected chi connectivity index (χ4v) is 2.58. The van der Waals surface area contributed by atoms with Gasteiger partial charge < -0.3 is 10.2 Å². The van der Waals surface area contributed by atoms with Gasteiger partial charge in [0.15, 0.2) is 5.11 Å². The molecule has 0 bridgehead atoms. The molecule has 16 heavy (non-hydrogen) atoms. The first-order chi connectivity index (χ1) is 7.54. The molecule has 1 saturated heterocycles. The molecule has 1 N–H and O–H groups in total. The van der Waals surface area contributed by atoms with Crippen LogP contribution in [0.5, 0.6) is 0 Å². The van der Waals surface area contributed by atoms with Crippen LogP contribution in [0, 0.1) is 0 Å². The maximum absolute atomic E-state index is 5.36. The first-order valence-corrected chi connectivity index (χ1v) is 6.71. The van der Waals surface area contributed by atoms with E-state index in [0.29, 0.717) is 12.1 Å². The summed E-state index contributed by atoms with van der Waals surface area (Å²) in [6, 6.07) is 1.10. The van der Waals surface area contributed by atoms with Crippen molar-refractivity contribution in [2.24, 2.45) is 0 Å². The van der Waals surface area contributed by atoms with E-state index in [1.807, 2.05) is 0 Å². The number of nitrogens with one attached hydrogen (secondary N) is 1.